The van der Waals surface area contributed by atoms with Crippen LogP contribution in [-0.4, -0.2) is 9.82 Å². The van der Waals surface area contributed by atoms with Gasteiger partial charge in [0.2, 0.25) is 0 Å². The van der Waals surface area contributed by atoms with E-state index in [-0.39, 0.29) is 5.82 Å². The first-order valence-electron chi connectivity index (χ1n) is 6.01. The van der Waals surface area contributed by atoms with Gasteiger partial charge in [-0.2, -0.15) is 11.8 Å². The molecule has 0 amide bonds. The number of halogens is 1. The lowest BCUT2D eigenvalue weighted by Crippen LogP contribution is -2.00. The van der Waals surface area contributed by atoms with Crippen LogP contribution in [0.5, 0.6) is 0 Å². The fourth-order valence-corrected chi connectivity index (χ4v) is 2.77. The molecule has 0 radical (unpaired) electrons. The van der Waals surface area contributed by atoms with Crippen LogP contribution in [0.1, 0.15) is 26.5 Å². The van der Waals surface area contributed by atoms with E-state index in [0.29, 0.717) is 5.25 Å². The van der Waals surface area contributed by atoms with Crippen LogP contribution in [0.3, 0.4) is 0 Å². The summed E-state index contributed by atoms with van der Waals surface area (Å²) in [6.45, 7) is 7.39. The van der Waals surface area contributed by atoms with E-state index in [1.165, 1.54) is 11.8 Å². The second-order valence-electron chi connectivity index (χ2n) is 4.44. The number of rotatable bonds is 4. The fourth-order valence-electron chi connectivity index (χ4n) is 2.03. The smallest absolute Gasteiger partial charge is 0.125 e. The van der Waals surface area contributed by atoms with Crippen LogP contribution in [0.15, 0.2) is 24.3 Å². The molecule has 17 heavy (non-hydrogen) atoms. The Kier molecular flexibility index (Phi) is 3.77. The molecule has 0 spiro atoms. The molecule has 2 rings (SSSR count). The second kappa shape index (κ2) is 5.13. The molecule has 0 saturated heterocycles. The molecule has 1 nitrogen and oxygen atoms in total. The third-order valence-corrected chi connectivity index (χ3v) is 3.96. The molecular weight excluding hydrogens is 233 g/mol. The Labute approximate surface area is 106 Å². The number of fused-ring (bicyclic) bond motifs is 1. The number of aromatic nitrogens is 1. The van der Waals surface area contributed by atoms with Gasteiger partial charge in [0, 0.05) is 23.4 Å². The maximum absolute atomic E-state index is 13.3. The maximum Gasteiger partial charge on any atom is 0.125 e. The lowest BCUT2D eigenvalue weighted by molar-refractivity contribution is 0.628. The zero-order chi connectivity index (χ0) is 12.4. The summed E-state index contributed by atoms with van der Waals surface area (Å²) in [6.07, 6.45) is 0. The summed E-state index contributed by atoms with van der Waals surface area (Å²) in [5.74, 6) is 0.829. The van der Waals surface area contributed by atoms with E-state index in [0.717, 1.165) is 23.2 Å². The fraction of sp³-hybridized carbons (Fsp3) is 0.429. The molecular formula is C14H18FNS. The second-order valence-corrected chi connectivity index (χ2v) is 6.01. The molecule has 92 valence electrons. The highest BCUT2D eigenvalue weighted by molar-refractivity contribution is 7.99. The Morgan fingerprint density at radius 2 is 2.06 bits per heavy atom. The molecule has 0 saturated carbocycles. The molecule has 0 aliphatic heterocycles. The van der Waals surface area contributed by atoms with E-state index in [2.05, 4.69) is 31.4 Å². The molecule has 0 aliphatic carbocycles. The molecule has 0 aliphatic rings. The SMILES string of the molecule is CCn1c(CSC(C)C)cc2ccc(F)cc21. The van der Waals surface area contributed by atoms with Crippen molar-refractivity contribution in [3.8, 4) is 0 Å². The highest BCUT2D eigenvalue weighted by Crippen LogP contribution is 2.25. The van der Waals surface area contributed by atoms with Gasteiger partial charge in [-0.15, -0.1) is 0 Å². The topological polar surface area (TPSA) is 4.93 Å². The van der Waals surface area contributed by atoms with E-state index >= 15 is 0 Å². The van der Waals surface area contributed by atoms with Crippen LogP contribution in [0.2, 0.25) is 0 Å². The van der Waals surface area contributed by atoms with Crippen LogP contribution >= 0.6 is 11.8 Å². The molecule has 1 heterocycles. The first kappa shape index (κ1) is 12.5. The van der Waals surface area contributed by atoms with Crippen molar-refractivity contribution in [2.24, 2.45) is 0 Å². The third kappa shape index (κ3) is 2.65. The third-order valence-electron chi connectivity index (χ3n) is 2.83. The number of aryl methyl sites for hydroxylation is 1. The van der Waals surface area contributed by atoms with E-state index in [1.54, 1.807) is 6.07 Å². The first-order chi connectivity index (χ1) is 8.11. The number of hydrogen-bond acceptors (Lipinski definition) is 1. The normalized spacial score (nSPS) is 11.6. The average molecular weight is 251 g/mol. The standard InChI is InChI=1S/C14H18FNS/c1-4-16-13(9-17-10(2)3)7-11-5-6-12(15)8-14(11)16/h5-8,10H,4,9H2,1-3H3. The van der Waals surface area contributed by atoms with E-state index in [1.807, 2.05) is 17.8 Å². The first-order valence-corrected chi connectivity index (χ1v) is 7.06. The van der Waals surface area contributed by atoms with Gasteiger partial charge >= 0.3 is 0 Å². The van der Waals surface area contributed by atoms with Crippen molar-refractivity contribution in [3.63, 3.8) is 0 Å². The van der Waals surface area contributed by atoms with Gasteiger partial charge < -0.3 is 4.57 Å². The van der Waals surface area contributed by atoms with Gasteiger partial charge in [-0.3, -0.25) is 0 Å². The van der Waals surface area contributed by atoms with Crippen LogP contribution in [0, 0.1) is 5.82 Å². The average Bonchev–Trinajstić information content (AvgIpc) is 2.63. The number of nitrogens with zero attached hydrogens (tertiary/aromatic N) is 1. The summed E-state index contributed by atoms with van der Waals surface area (Å²) in [6, 6.07) is 7.19. The summed E-state index contributed by atoms with van der Waals surface area (Å²) in [4.78, 5) is 0. The maximum atomic E-state index is 13.3. The molecule has 1 aromatic carbocycles. The monoisotopic (exact) mass is 251 g/mol. The molecule has 3 heteroatoms. The van der Waals surface area contributed by atoms with Crippen molar-refractivity contribution >= 4 is 22.7 Å². The van der Waals surface area contributed by atoms with Gasteiger partial charge in [0.25, 0.3) is 0 Å². The predicted molar refractivity (Wildman–Crippen MR) is 74.0 cm³/mol. The number of thioether (sulfide) groups is 1. The molecule has 1 aromatic heterocycles. The molecule has 0 bridgehead atoms. The quantitative estimate of drug-likeness (QED) is 0.777. The van der Waals surface area contributed by atoms with Gasteiger partial charge in [-0.1, -0.05) is 13.8 Å². The van der Waals surface area contributed by atoms with Crippen LogP contribution < -0.4 is 0 Å². The van der Waals surface area contributed by atoms with Gasteiger partial charge in [0.1, 0.15) is 5.82 Å². The van der Waals surface area contributed by atoms with Crippen molar-refractivity contribution in [1.82, 2.24) is 4.57 Å². The number of benzene rings is 1. The van der Waals surface area contributed by atoms with Gasteiger partial charge in [0.15, 0.2) is 0 Å². The summed E-state index contributed by atoms with van der Waals surface area (Å²) >= 11 is 1.92. The van der Waals surface area contributed by atoms with Crippen LogP contribution in [0.4, 0.5) is 4.39 Å². The molecule has 0 fully saturated rings. The molecule has 0 N–H and O–H groups in total. The van der Waals surface area contributed by atoms with Crippen molar-refractivity contribution in [2.75, 3.05) is 0 Å². The van der Waals surface area contributed by atoms with Crippen molar-refractivity contribution in [1.29, 1.82) is 0 Å². The minimum Gasteiger partial charge on any atom is -0.344 e. The Morgan fingerprint density at radius 3 is 2.71 bits per heavy atom. The summed E-state index contributed by atoms with van der Waals surface area (Å²) < 4.78 is 15.5. The Bertz CT molecular complexity index is 516. The summed E-state index contributed by atoms with van der Waals surface area (Å²) in [7, 11) is 0. The predicted octanol–water partition coefficient (Wildman–Crippen LogP) is 4.44. The number of hydrogen-bond donors (Lipinski definition) is 0. The zero-order valence-corrected chi connectivity index (χ0v) is 11.4. The Balaban J connectivity index is 2.41. The lowest BCUT2D eigenvalue weighted by atomic mass is 10.2. The van der Waals surface area contributed by atoms with Gasteiger partial charge in [-0.25, -0.2) is 4.39 Å². The lowest BCUT2D eigenvalue weighted by Gasteiger charge is -2.09. The minimum atomic E-state index is -0.159. The van der Waals surface area contributed by atoms with Crippen molar-refractivity contribution < 1.29 is 4.39 Å². The van der Waals surface area contributed by atoms with E-state index in [9.17, 15) is 4.39 Å². The van der Waals surface area contributed by atoms with Gasteiger partial charge in [0.05, 0.1) is 5.52 Å². The van der Waals surface area contributed by atoms with Crippen molar-refractivity contribution in [3.05, 3.63) is 35.8 Å². The highest BCUT2D eigenvalue weighted by atomic mass is 32.2. The molecule has 0 atom stereocenters. The Morgan fingerprint density at radius 1 is 1.29 bits per heavy atom. The van der Waals surface area contributed by atoms with E-state index < -0.39 is 0 Å². The van der Waals surface area contributed by atoms with Crippen LogP contribution in [0.25, 0.3) is 10.9 Å². The minimum absolute atomic E-state index is 0.159. The summed E-state index contributed by atoms with van der Waals surface area (Å²) in [5, 5.41) is 1.75. The van der Waals surface area contributed by atoms with Crippen molar-refractivity contribution in [2.45, 2.75) is 38.3 Å². The summed E-state index contributed by atoms with van der Waals surface area (Å²) in [5.41, 5.74) is 2.29. The largest absolute Gasteiger partial charge is 0.344 e. The molecule has 2 aromatic rings. The molecule has 0 unspecified atom stereocenters. The van der Waals surface area contributed by atoms with E-state index in [4.69, 9.17) is 0 Å². The highest BCUT2D eigenvalue weighted by Gasteiger charge is 2.09. The zero-order valence-electron chi connectivity index (χ0n) is 10.5. The van der Waals surface area contributed by atoms with Gasteiger partial charge in [-0.05, 0) is 36.4 Å². The Hall–Kier alpha value is -0.960. The van der Waals surface area contributed by atoms with Crippen LogP contribution in [-0.2, 0) is 12.3 Å².